The summed E-state index contributed by atoms with van der Waals surface area (Å²) in [5.41, 5.74) is -5.27. The Morgan fingerprint density at radius 3 is 2.03 bits per heavy atom. The van der Waals surface area contributed by atoms with Crippen LogP contribution < -0.4 is 5.32 Å². The Bertz CT molecular complexity index is 1070. The zero-order chi connectivity index (χ0) is 25.2. The monoisotopic (exact) mass is 485 g/mol. The molecule has 0 aromatic heterocycles. The van der Waals surface area contributed by atoms with Crippen molar-refractivity contribution in [2.45, 2.75) is 24.6 Å². The van der Waals surface area contributed by atoms with Gasteiger partial charge in [-0.15, -0.1) is 0 Å². The molecule has 13 heteroatoms. The molecular formula is C20H12F9NO3. The Balaban J connectivity index is 2.31. The number of rotatable bonds is 5. The van der Waals surface area contributed by atoms with E-state index in [4.69, 9.17) is 5.11 Å². The molecule has 0 radical (unpaired) electrons. The average molecular weight is 485 g/mol. The lowest BCUT2D eigenvalue weighted by Crippen LogP contribution is -2.37. The van der Waals surface area contributed by atoms with Crippen LogP contribution in [0.4, 0.5) is 39.5 Å². The van der Waals surface area contributed by atoms with Crippen LogP contribution in [0.25, 0.3) is 6.08 Å². The normalized spacial score (nSPS) is 13.7. The predicted octanol–water partition coefficient (Wildman–Crippen LogP) is 5.86. The molecule has 0 aliphatic carbocycles. The molecule has 0 aliphatic rings. The molecule has 33 heavy (non-hydrogen) atoms. The number of halogens is 9. The zero-order valence-corrected chi connectivity index (χ0v) is 15.9. The molecule has 0 saturated carbocycles. The van der Waals surface area contributed by atoms with Crippen LogP contribution in [-0.4, -0.2) is 23.2 Å². The highest BCUT2D eigenvalue weighted by Crippen LogP contribution is 2.36. The maximum absolute atomic E-state index is 13.4. The number of alkyl halides is 9. The molecule has 0 spiro atoms. The number of amides is 1. The van der Waals surface area contributed by atoms with E-state index in [0.717, 1.165) is 18.2 Å². The van der Waals surface area contributed by atoms with Crippen LogP contribution in [-0.2, 0) is 17.1 Å². The zero-order valence-electron chi connectivity index (χ0n) is 15.9. The number of carboxylic acid groups (broad SMARTS) is 1. The highest BCUT2D eigenvalue weighted by Gasteiger charge is 2.43. The summed E-state index contributed by atoms with van der Waals surface area (Å²) >= 11 is 0. The summed E-state index contributed by atoms with van der Waals surface area (Å²) < 4.78 is 118. The largest absolute Gasteiger partial charge is 0.478 e. The van der Waals surface area contributed by atoms with Gasteiger partial charge in [0.25, 0.3) is 0 Å². The van der Waals surface area contributed by atoms with Crippen molar-refractivity contribution in [3.05, 3.63) is 76.4 Å². The minimum Gasteiger partial charge on any atom is -0.478 e. The molecule has 4 nitrogen and oxygen atoms in total. The summed E-state index contributed by atoms with van der Waals surface area (Å²) in [6.45, 7) is 0. The highest BCUT2D eigenvalue weighted by atomic mass is 19.4. The van der Waals surface area contributed by atoms with E-state index >= 15 is 0 Å². The second kappa shape index (κ2) is 9.16. The molecule has 0 bridgehead atoms. The van der Waals surface area contributed by atoms with Gasteiger partial charge in [-0.3, -0.25) is 4.79 Å². The number of carbonyl (C=O) groups is 2. The molecule has 0 saturated heterocycles. The van der Waals surface area contributed by atoms with Gasteiger partial charge < -0.3 is 10.4 Å². The van der Waals surface area contributed by atoms with Gasteiger partial charge in [0.2, 0.25) is 5.91 Å². The van der Waals surface area contributed by atoms with E-state index in [-0.39, 0.29) is 11.6 Å². The van der Waals surface area contributed by atoms with Crippen molar-refractivity contribution in [2.75, 3.05) is 0 Å². The van der Waals surface area contributed by atoms with E-state index in [1.165, 1.54) is 5.32 Å². The van der Waals surface area contributed by atoms with Gasteiger partial charge in [0, 0.05) is 6.08 Å². The van der Waals surface area contributed by atoms with Gasteiger partial charge in [-0.2, -0.15) is 39.5 Å². The SMILES string of the molecule is O=C(C=Cc1ccc(C(=O)O)c(C(F)(F)F)c1)NC(c1cccc(C(F)(F)F)c1)C(F)(F)F. The fourth-order valence-corrected chi connectivity index (χ4v) is 2.70. The van der Waals surface area contributed by atoms with Gasteiger partial charge in [0.1, 0.15) is 0 Å². The Labute approximate surface area is 179 Å². The molecule has 0 fully saturated rings. The number of hydrogen-bond donors (Lipinski definition) is 2. The van der Waals surface area contributed by atoms with Crippen LogP contribution in [0, 0.1) is 0 Å². The first-order valence-electron chi connectivity index (χ1n) is 8.67. The first-order chi connectivity index (χ1) is 15.0. The average Bonchev–Trinajstić information content (AvgIpc) is 2.68. The molecule has 2 rings (SSSR count). The molecule has 0 heterocycles. The van der Waals surface area contributed by atoms with E-state index in [0.29, 0.717) is 30.4 Å². The van der Waals surface area contributed by atoms with Crippen molar-refractivity contribution >= 4 is 18.0 Å². The third-order valence-corrected chi connectivity index (χ3v) is 4.17. The summed E-state index contributed by atoms with van der Waals surface area (Å²) in [6.07, 6.45) is -14.1. The number of hydrogen-bond acceptors (Lipinski definition) is 2. The van der Waals surface area contributed by atoms with Crippen molar-refractivity contribution in [2.24, 2.45) is 0 Å². The molecule has 2 aromatic rings. The van der Waals surface area contributed by atoms with E-state index < -0.39 is 58.7 Å². The lowest BCUT2D eigenvalue weighted by Gasteiger charge is -2.22. The fraction of sp³-hybridized carbons (Fsp3) is 0.200. The lowest BCUT2D eigenvalue weighted by molar-refractivity contribution is -0.162. The number of nitrogens with one attached hydrogen (secondary N) is 1. The van der Waals surface area contributed by atoms with Crippen molar-refractivity contribution < 1.29 is 54.2 Å². The maximum Gasteiger partial charge on any atom is 0.417 e. The van der Waals surface area contributed by atoms with Gasteiger partial charge in [-0.05, 0) is 41.5 Å². The van der Waals surface area contributed by atoms with Gasteiger partial charge in [-0.1, -0.05) is 18.2 Å². The standard InChI is InChI=1S/C20H12F9NO3/c21-18(22,23)12-3-1-2-11(9-12)16(20(27,28)29)30-15(31)7-5-10-4-6-13(17(32)33)14(8-10)19(24,25)26/h1-9,16H,(H,30,31)(H,32,33). The Morgan fingerprint density at radius 2 is 1.52 bits per heavy atom. The first kappa shape index (κ1) is 25.7. The fourth-order valence-electron chi connectivity index (χ4n) is 2.70. The first-order valence-corrected chi connectivity index (χ1v) is 8.67. The summed E-state index contributed by atoms with van der Waals surface area (Å²) in [5.74, 6) is -3.34. The van der Waals surface area contributed by atoms with Crippen LogP contribution >= 0.6 is 0 Å². The Kier molecular flexibility index (Phi) is 7.14. The van der Waals surface area contributed by atoms with Gasteiger partial charge in [0.05, 0.1) is 16.7 Å². The van der Waals surface area contributed by atoms with E-state index in [1.54, 1.807) is 0 Å². The number of benzene rings is 2. The molecule has 2 aromatic carbocycles. The number of carboxylic acids is 1. The molecule has 1 amide bonds. The summed E-state index contributed by atoms with van der Waals surface area (Å²) in [7, 11) is 0. The molecule has 2 N–H and O–H groups in total. The predicted molar refractivity (Wildman–Crippen MR) is 95.8 cm³/mol. The summed E-state index contributed by atoms with van der Waals surface area (Å²) in [4.78, 5) is 22.9. The molecule has 1 atom stereocenters. The van der Waals surface area contributed by atoms with E-state index in [1.807, 2.05) is 0 Å². The van der Waals surface area contributed by atoms with E-state index in [9.17, 15) is 49.1 Å². The summed E-state index contributed by atoms with van der Waals surface area (Å²) in [5, 5.41) is 10.3. The third kappa shape index (κ3) is 6.73. The topological polar surface area (TPSA) is 66.4 Å². The quantitative estimate of drug-likeness (QED) is 0.412. The Morgan fingerprint density at radius 1 is 0.879 bits per heavy atom. The van der Waals surface area contributed by atoms with Gasteiger partial charge >= 0.3 is 24.5 Å². The van der Waals surface area contributed by atoms with Gasteiger partial charge in [0.15, 0.2) is 6.04 Å². The van der Waals surface area contributed by atoms with Crippen molar-refractivity contribution in [1.82, 2.24) is 5.32 Å². The highest BCUT2D eigenvalue weighted by molar-refractivity contribution is 5.93. The van der Waals surface area contributed by atoms with Crippen LogP contribution in [0.2, 0.25) is 0 Å². The maximum atomic E-state index is 13.4. The summed E-state index contributed by atoms with van der Waals surface area (Å²) in [6, 6.07) is 1.22. The van der Waals surface area contributed by atoms with Crippen LogP contribution in [0.5, 0.6) is 0 Å². The Hall–Kier alpha value is -3.51. The molecule has 178 valence electrons. The molecule has 0 aliphatic heterocycles. The molecular weight excluding hydrogens is 473 g/mol. The van der Waals surface area contributed by atoms with Gasteiger partial charge in [-0.25, -0.2) is 4.79 Å². The minimum atomic E-state index is -5.19. The van der Waals surface area contributed by atoms with Crippen LogP contribution in [0.1, 0.15) is 38.7 Å². The lowest BCUT2D eigenvalue weighted by atomic mass is 10.0. The number of aromatic carboxylic acids is 1. The second-order valence-electron chi connectivity index (χ2n) is 6.55. The number of carbonyl (C=O) groups excluding carboxylic acids is 1. The van der Waals surface area contributed by atoms with Crippen molar-refractivity contribution in [3.8, 4) is 0 Å². The molecule has 1 unspecified atom stereocenters. The van der Waals surface area contributed by atoms with E-state index in [2.05, 4.69) is 0 Å². The third-order valence-electron chi connectivity index (χ3n) is 4.17. The second-order valence-corrected chi connectivity index (χ2v) is 6.55. The van der Waals surface area contributed by atoms with Crippen LogP contribution in [0.3, 0.4) is 0 Å². The van der Waals surface area contributed by atoms with Crippen LogP contribution in [0.15, 0.2) is 48.5 Å². The smallest absolute Gasteiger partial charge is 0.417 e. The minimum absolute atomic E-state index is 0.211. The van der Waals surface area contributed by atoms with Crippen molar-refractivity contribution in [1.29, 1.82) is 0 Å². The van der Waals surface area contributed by atoms with Crippen molar-refractivity contribution in [3.63, 3.8) is 0 Å².